The van der Waals surface area contributed by atoms with E-state index >= 15 is 8.78 Å². The van der Waals surface area contributed by atoms with E-state index in [0.717, 1.165) is 23.1 Å². The largest absolute Gasteiger partial charge is 0.475 e. The molecule has 0 radical (unpaired) electrons. The van der Waals surface area contributed by atoms with Gasteiger partial charge in [0.25, 0.3) is 5.92 Å². The Hall–Kier alpha value is -3.33. The summed E-state index contributed by atoms with van der Waals surface area (Å²) in [5.74, 6) is -6.45. The lowest BCUT2D eigenvalue weighted by atomic mass is 9.30. The number of aliphatic hydroxyl groups excluding tert-OH is 1. The minimum absolute atomic E-state index is 0.0948. The Kier molecular flexibility index (Phi) is 5.94. The summed E-state index contributed by atoms with van der Waals surface area (Å²) < 4.78 is 104. The third kappa shape index (κ3) is 3.99. The number of nitrogens with zero attached hydrogens (tertiary/aromatic N) is 5. The Bertz CT molecular complexity index is 1300. The summed E-state index contributed by atoms with van der Waals surface area (Å²) >= 11 is 0. The maximum Gasteiger partial charge on any atom is 0.417 e. The first-order chi connectivity index (χ1) is 17.7. The number of benzene rings is 1. The monoisotopic (exact) mass is 547 g/mol. The van der Waals surface area contributed by atoms with Crippen LogP contribution in [0.5, 0.6) is 5.88 Å². The molecule has 8 nitrogen and oxygen atoms in total. The lowest BCUT2D eigenvalue weighted by Gasteiger charge is -2.74. The van der Waals surface area contributed by atoms with Crippen molar-refractivity contribution in [2.75, 3.05) is 6.61 Å². The first kappa shape index (κ1) is 26.3. The van der Waals surface area contributed by atoms with Crippen molar-refractivity contribution in [3.05, 3.63) is 65.6 Å². The Balaban J connectivity index is 1.35. The van der Waals surface area contributed by atoms with Crippen molar-refractivity contribution in [2.45, 2.75) is 55.0 Å². The molecule has 0 aliphatic heterocycles. The van der Waals surface area contributed by atoms with Gasteiger partial charge in [-0.1, -0.05) is 6.07 Å². The third-order valence-electron chi connectivity index (χ3n) is 7.49. The number of aromatic nitrogens is 5. The zero-order valence-electron chi connectivity index (χ0n) is 19.3. The molecule has 0 unspecified atom stereocenters. The number of rotatable bonds is 9. The van der Waals surface area contributed by atoms with Crippen LogP contribution in [0.15, 0.2) is 42.9 Å². The van der Waals surface area contributed by atoms with Gasteiger partial charge in [0.05, 0.1) is 6.54 Å². The van der Waals surface area contributed by atoms with Crippen molar-refractivity contribution in [3.63, 3.8) is 0 Å². The lowest BCUT2D eigenvalue weighted by Crippen LogP contribution is -2.76. The highest BCUT2D eigenvalue weighted by Crippen LogP contribution is 2.80. The van der Waals surface area contributed by atoms with Gasteiger partial charge in [0.1, 0.15) is 24.6 Å². The lowest BCUT2D eigenvalue weighted by molar-refractivity contribution is -0.347. The fraction of sp³-hybridized carbons (Fsp3) is 0.478. The highest BCUT2D eigenvalue weighted by Gasteiger charge is 2.82. The van der Waals surface area contributed by atoms with Gasteiger partial charge in [-0.05, 0) is 52.8 Å². The predicted octanol–water partition coefficient (Wildman–Crippen LogP) is 3.29. The maximum atomic E-state index is 16.2. The van der Waals surface area contributed by atoms with E-state index in [1.54, 1.807) is 0 Å². The fourth-order valence-corrected chi connectivity index (χ4v) is 5.57. The summed E-state index contributed by atoms with van der Waals surface area (Å²) in [6, 6.07) is 4.69. The highest BCUT2D eigenvalue weighted by molar-refractivity contribution is 5.42. The van der Waals surface area contributed by atoms with Crippen molar-refractivity contribution >= 4 is 0 Å². The maximum absolute atomic E-state index is 16.2. The molecule has 3 fully saturated rings. The molecular formula is C23H20F7N5O3. The van der Waals surface area contributed by atoms with Crippen molar-refractivity contribution in [2.24, 2.45) is 5.41 Å². The minimum atomic E-state index is -4.85. The number of hydrogen-bond donors (Lipinski definition) is 2. The van der Waals surface area contributed by atoms with Crippen LogP contribution >= 0.6 is 0 Å². The standard InChI is InChI=1S/C23H20F7N5O3/c24-14-2-3-15(16(25)5-14)21(37,11-35-12-32-33-34-35)23(29,30)20-8-19(9-20,10-20)13-1-4-18(31-6-13)38-7-17(36)22(26,27)28/h1-6,12,17,36-37H,7-11H2/t17-,19?,20?,21-/m0/s1. The molecule has 204 valence electrons. The van der Waals surface area contributed by atoms with Crippen LogP contribution in [-0.2, 0) is 17.6 Å². The molecule has 2 bridgehead atoms. The Labute approximate surface area is 210 Å². The molecule has 2 N–H and O–H groups in total. The van der Waals surface area contributed by atoms with E-state index in [0.29, 0.717) is 11.6 Å². The van der Waals surface area contributed by atoms with Crippen molar-refractivity contribution < 1.29 is 45.7 Å². The number of aliphatic hydroxyl groups is 2. The van der Waals surface area contributed by atoms with Gasteiger partial charge >= 0.3 is 6.18 Å². The quantitative estimate of drug-likeness (QED) is 0.396. The molecule has 1 aromatic carbocycles. The van der Waals surface area contributed by atoms with Crippen LogP contribution < -0.4 is 4.74 Å². The molecule has 2 aromatic heterocycles. The molecule has 2 heterocycles. The van der Waals surface area contributed by atoms with E-state index in [-0.39, 0.29) is 25.1 Å². The van der Waals surface area contributed by atoms with Gasteiger partial charge < -0.3 is 14.9 Å². The molecule has 0 spiro atoms. The second kappa shape index (κ2) is 8.59. The smallest absolute Gasteiger partial charge is 0.417 e. The first-order valence-electron chi connectivity index (χ1n) is 11.3. The van der Waals surface area contributed by atoms with E-state index in [1.165, 1.54) is 18.3 Å². The highest BCUT2D eigenvalue weighted by atomic mass is 19.4. The average Bonchev–Trinajstić information content (AvgIpc) is 3.28. The van der Waals surface area contributed by atoms with Gasteiger partial charge in [-0.15, -0.1) is 5.10 Å². The molecule has 3 saturated carbocycles. The first-order valence-corrected chi connectivity index (χ1v) is 11.3. The van der Waals surface area contributed by atoms with Gasteiger partial charge in [-0.3, -0.25) is 0 Å². The molecule has 6 rings (SSSR count). The van der Waals surface area contributed by atoms with Crippen LogP contribution in [-0.4, -0.2) is 60.2 Å². The second-order valence-corrected chi connectivity index (χ2v) is 9.91. The number of hydrogen-bond acceptors (Lipinski definition) is 7. The van der Waals surface area contributed by atoms with Crippen molar-refractivity contribution in [1.29, 1.82) is 0 Å². The molecule has 3 aliphatic rings. The molecule has 3 aliphatic carbocycles. The van der Waals surface area contributed by atoms with Gasteiger partial charge in [0.2, 0.25) is 5.88 Å². The molecule has 15 heteroatoms. The second-order valence-electron chi connectivity index (χ2n) is 9.91. The summed E-state index contributed by atoms with van der Waals surface area (Å²) in [6.45, 7) is -1.96. The number of halogens is 7. The van der Waals surface area contributed by atoms with Crippen LogP contribution in [0.25, 0.3) is 0 Å². The van der Waals surface area contributed by atoms with E-state index < -0.39 is 65.0 Å². The number of pyridine rings is 1. The summed E-state index contributed by atoms with van der Waals surface area (Å²) in [6.07, 6.45) is -5.55. The van der Waals surface area contributed by atoms with Gasteiger partial charge in [-0.2, -0.15) is 13.2 Å². The third-order valence-corrected chi connectivity index (χ3v) is 7.49. The summed E-state index contributed by atoms with van der Waals surface area (Å²) in [4.78, 5) is 3.91. The average molecular weight is 547 g/mol. The van der Waals surface area contributed by atoms with Crippen LogP contribution in [0.1, 0.15) is 30.4 Å². The zero-order valence-corrected chi connectivity index (χ0v) is 19.3. The molecule has 3 aromatic rings. The van der Waals surface area contributed by atoms with E-state index in [9.17, 15) is 27.1 Å². The van der Waals surface area contributed by atoms with Crippen LogP contribution in [0.3, 0.4) is 0 Å². The summed E-state index contributed by atoms with van der Waals surface area (Å²) in [5.41, 5.74) is -5.83. The van der Waals surface area contributed by atoms with Crippen LogP contribution in [0, 0.1) is 17.0 Å². The zero-order chi connectivity index (χ0) is 27.6. The van der Waals surface area contributed by atoms with Crippen molar-refractivity contribution in [3.8, 4) is 5.88 Å². The van der Waals surface area contributed by atoms with Gasteiger partial charge in [0.15, 0.2) is 11.7 Å². The van der Waals surface area contributed by atoms with Gasteiger partial charge in [0, 0.05) is 29.3 Å². The molecule has 38 heavy (non-hydrogen) atoms. The minimum Gasteiger partial charge on any atom is -0.475 e. The summed E-state index contributed by atoms with van der Waals surface area (Å²) in [7, 11) is 0. The SMILES string of the molecule is O[C@@H](COc1ccc(C23CC(C(F)(F)[C@](O)(Cn4cnnn4)c4ccc(F)cc4F)(C2)C3)cn1)C(F)(F)F. The number of tetrazole rings is 1. The van der Waals surface area contributed by atoms with E-state index in [4.69, 9.17) is 9.84 Å². The normalized spacial score (nSPS) is 25.2. The molecule has 0 saturated heterocycles. The van der Waals surface area contributed by atoms with Gasteiger partial charge in [-0.25, -0.2) is 27.2 Å². The number of alkyl halides is 5. The van der Waals surface area contributed by atoms with Crippen molar-refractivity contribution in [1.82, 2.24) is 25.2 Å². The van der Waals surface area contributed by atoms with E-state index in [1.807, 2.05) is 0 Å². The molecule has 2 atom stereocenters. The van der Waals surface area contributed by atoms with Crippen LogP contribution in [0.4, 0.5) is 30.7 Å². The number of ether oxygens (including phenoxy) is 1. The van der Waals surface area contributed by atoms with Crippen LogP contribution in [0.2, 0.25) is 0 Å². The molecule has 0 amide bonds. The fourth-order valence-electron chi connectivity index (χ4n) is 5.57. The summed E-state index contributed by atoms with van der Waals surface area (Å²) in [5, 5.41) is 30.6. The Morgan fingerprint density at radius 1 is 1.05 bits per heavy atom. The topological polar surface area (TPSA) is 106 Å². The van der Waals surface area contributed by atoms with E-state index in [2.05, 4.69) is 20.5 Å². The molecular weight excluding hydrogens is 527 g/mol. The Morgan fingerprint density at radius 3 is 2.32 bits per heavy atom. The predicted molar refractivity (Wildman–Crippen MR) is 113 cm³/mol. The Morgan fingerprint density at radius 2 is 1.76 bits per heavy atom.